The summed E-state index contributed by atoms with van der Waals surface area (Å²) in [6, 6.07) is 6.79. The van der Waals surface area contributed by atoms with Crippen LogP contribution in [0.5, 0.6) is 0 Å². The molecule has 1 aromatic carbocycles. The largest absolute Gasteiger partial charge is 0.481 e. The molecule has 0 aromatic heterocycles. The summed E-state index contributed by atoms with van der Waals surface area (Å²) in [5.74, 6) is -1.88. The van der Waals surface area contributed by atoms with E-state index in [1.807, 2.05) is 13.8 Å². The van der Waals surface area contributed by atoms with Crippen LogP contribution in [0, 0.1) is 11.8 Å². The lowest BCUT2D eigenvalue weighted by molar-refractivity contribution is -0.142. The summed E-state index contributed by atoms with van der Waals surface area (Å²) < 4.78 is 0. The van der Waals surface area contributed by atoms with Crippen molar-refractivity contribution >= 4 is 17.6 Å². The molecule has 18 heavy (non-hydrogen) atoms. The Balaban J connectivity index is 2.79. The van der Waals surface area contributed by atoms with Crippen LogP contribution in [-0.4, -0.2) is 23.5 Å². The summed E-state index contributed by atoms with van der Waals surface area (Å²) in [5.41, 5.74) is 6.18. The highest BCUT2D eigenvalue weighted by Crippen LogP contribution is 2.17. The molecule has 4 N–H and O–H groups in total. The van der Waals surface area contributed by atoms with Crippen LogP contribution in [0.2, 0.25) is 0 Å². The number of para-hydroxylation sites is 1. The summed E-state index contributed by atoms with van der Waals surface area (Å²) in [4.78, 5) is 22.2. The Morgan fingerprint density at radius 1 is 1.33 bits per heavy atom. The van der Waals surface area contributed by atoms with E-state index in [1.54, 1.807) is 24.3 Å². The van der Waals surface area contributed by atoms with E-state index in [0.29, 0.717) is 11.3 Å². The number of benzene rings is 1. The molecule has 5 heteroatoms. The molecule has 0 aliphatic heterocycles. The fourth-order valence-electron chi connectivity index (χ4n) is 1.68. The topological polar surface area (TPSA) is 92.4 Å². The van der Waals surface area contributed by atoms with Gasteiger partial charge in [0.15, 0.2) is 0 Å². The maximum atomic E-state index is 11.2. The molecule has 0 spiro atoms. The van der Waals surface area contributed by atoms with Crippen LogP contribution < -0.4 is 11.1 Å². The molecule has 1 unspecified atom stereocenters. The van der Waals surface area contributed by atoms with Crippen LogP contribution in [0.25, 0.3) is 0 Å². The normalized spacial score (nSPS) is 12.2. The summed E-state index contributed by atoms with van der Waals surface area (Å²) in [6.07, 6.45) is 0. The fraction of sp³-hybridized carbons (Fsp3) is 0.385. The molecule has 0 saturated heterocycles. The highest BCUT2D eigenvalue weighted by Gasteiger charge is 2.21. The van der Waals surface area contributed by atoms with Gasteiger partial charge in [0.1, 0.15) is 0 Å². The first-order valence-electron chi connectivity index (χ1n) is 5.79. The van der Waals surface area contributed by atoms with Crippen molar-refractivity contribution in [3.8, 4) is 0 Å². The maximum Gasteiger partial charge on any atom is 0.308 e. The highest BCUT2D eigenvalue weighted by atomic mass is 16.4. The van der Waals surface area contributed by atoms with Crippen molar-refractivity contribution in [2.24, 2.45) is 17.6 Å². The number of carbonyl (C=O) groups is 2. The third kappa shape index (κ3) is 3.48. The second kappa shape index (κ2) is 6.05. The summed E-state index contributed by atoms with van der Waals surface area (Å²) >= 11 is 0. The number of hydrogen-bond donors (Lipinski definition) is 3. The first-order chi connectivity index (χ1) is 8.43. The molecule has 0 heterocycles. The number of aliphatic carboxylic acids is 1. The quantitative estimate of drug-likeness (QED) is 0.714. The van der Waals surface area contributed by atoms with Gasteiger partial charge in [-0.05, 0) is 18.1 Å². The molecule has 0 fully saturated rings. The van der Waals surface area contributed by atoms with Gasteiger partial charge < -0.3 is 16.2 Å². The van der Waals surface area contributed by atoms with Crippen LogP contribution >= 0.6 is 0 Å². The van der Waals surface area contributed by atoms with Crippen molar-refractivity contribution in [1.82, 2.24) is 0 Å². The first kappa shape index (κ1) is 14.0. The van der Waals surface area contributed by atoms with Crippen molar-refractivity contribution in [2.45, 2.75) is 13.8 Å². The van der Waals surface area contributed by atoms with Crippen molar-refractivity contribution in [1.29, 1.82) is 0 Å². The van der Waals surface area contributed by atoms with Crippen LogP contribution in [0.4, 0.5) is 5.69 Å². The summed E-state index contributed by atoms with van der Waals surface area (Å²) in [7, 11) is 0. The van der Waals surface area contributed by atoms with E-state index in [9.17, 15) is 9.59 Å². The third-order valence-corrected chi connectivity index (χ3v) is 2.83. The van der Waals surface area contributed by atoms with Gasteiger partial charge in [-0.15, -0.1) is 0 Å². The van der Waals surface area contributed by atoms with E-state index in [0.717, 1.165) is 0 Å². The minimum atomic E-state index is -0.853. The van der Waals surface area contributed by atoms with E-state index in [1.165, 1.54) is 0 Å². The molecule has 5 nitrogen and oxygen atoms in total. The van der Waals surface area contributed by atoms with Gasteiger partial charge in [-0.2, -0.15) is 0 Å². The number of anilines is 1. The Morgan fingerprint density at radius 2 is 1.94 bits per heavy atom. The maximum absolute atomic E-state index is 11.2. The third-order valence-electron chi connectivity index (χ3n) is 2.83. The SMILES string of the molecule is CC(C)C(CNc1ccccc1C(N)=O)C(=O)O. The van der Waals surface area contributed by atoms with Crippen molar-refractivity contribution in [3.05, 3.63) is 29.8 Å². The lowest BCUT2D eigenvalue weighted by Gasteiger charge is -2.18. The number of amides is 1. The predicted molar refractivity (Wildman–Crippen MR) is 69.4 cm³/mol. The zero-order valence-corrected chi connectivity index (χ0v) is 10.5. The highest BCUT2D eigenvalue weighted by molar-refractivity contribution is 5.98. The molecule has 1 atom stereocenters. The lowest BCUT2D eigenvalue weighted by atomic mass is 9.96. The van der Waals surface area contributed by atoms with Crippen LogP contribution in [0.3, 0.4) is 0 Å². The molecule has 0 aliphatic carbocycles. The van der Waals surface area contributed by atoms with Crippen molar-refractivity contribution < 1.29 is 14.7 Å². The van der Waals surface area contributed by atoms with Crippen LogP contribution in [0.15, 0.2) is 24.3 Å². The van der Waals surface area contributed by atoms with E-state index in [-0.39, 0.29) is 12.5 Å². The molecule has 1 amide bonds. The molecule has 0 bridgehead atoms. The number of hydrogen-bond acceptors (Lipinski definition) is 3. The van der Waals surface area contributed by atoms with E-state index in [4.69, 9.17) is 10.8 Å². The number of rotatable bonds is 6. The first-order valence-corrected chi connectivity index (χ1v) is 5.79. The number of primary amides is 1. The average molecular weight is 250 g/mol. The zero-order valence-electron chi connectivity index (χ0n) is 10.5. The Hall–Kier alpha value is -2.04. The van der Waals surface area contributed by atoms with Gasteiger partial charge in [-0.1, -0.05) is 26.0 Å². The predicted octanol–water partition coefficient (Wildman–Crippen LogP) is 1.55. The van der Waals surface area contributed by atoms with Gasteiger partial charge in [0.25, 0.3) is 5.91 Å². The number of carboxylic acid groups (broad SMARTS) is 1. The number of nitrogens with one attached hydrogen (secondary N) is 1. The van der Waals surface area contributed by atoms with Crippen LogP contribution in [0.1, 0.15) is 24.2 Å². The van der Waals surface area contributed by atoms with Gasteiger partial charge in [0.2, 0.25) is 0 Å². The van der Waals surface area contributed by atoms with Gasteiger partial charge >= 0.3 is 5.97 Å². The van der Waals surface area contributed by atoms with Gasteiger partial charge in [-0.3, -0.25) is 9.59 Å². The van der Waals surface area contributed by atoms with Crippen molar-refractivity contribution in [2.75, 3.05) is 11.9 Å². The molecule has 1 rings (SSSR count). The molecule has 0 saturated carbocycles. The zero-order chi connectivity index (χ0) is 13.7. The summed E-state index contributed by atoms with van der Waals surface area (Å²) in [6.45, 7) is 3.96. The van der Waals surface area contributed by atoms with E-state index >= 15 is 0 Å². The smallest absolute Gasteiger partial charge is 0.308 e. The molecule has 0 aliphatic rings. The molecule has 98 valence electrons. The van der Waals surface area contributed by atoms with Gasteiger partial charge in [0.05, 0.1) is 11.5 Å². The lowest BCUT2D eigenvalue weighted by Crippen LogP contribution is -2.28. The minimum Gasteiger partial charge on any atom is -0.481 e. The molecular weight excluding hydrogens is 232 g/mol. The Labute approximate surface area is 106 Å². The van der Waals surface area contributed by atoms with Crippen molar-refractivity contribution in [3.63, 3.8) is 0 Å². The monoisotopic (exact) mass is 250 g/mol. The minimum absolute atomic E-state index is 0.00994. The number of nitrogens with two attached hydrogens (primary N) is 1. The Morgan fingerprint density at radius 3 is 2.44 bits per heavy atom. The molecule has 1 aromatic rings. The van der Waals surface area contributed by atoms with Gasteiger partial charge in [0, 0.05) is 12.2 Å². The molecule has 0 radical (unpaired) electrons. The molecular formula is C13H18N2O3. The number of carboxylic acids is 1. The Bertz CT molecular complexity index is 444. The Kier molecular flexibility index (Phi) is 4.71. The number of carbonyl (C=O) groups excluding carboxylic acids is 1. The fourth-order valence-corrected chi connectivity index (χ4v) is 1.68. The van der Waals surface area contributed by atoms with E-state index < -0.39 is 17.8 Å². The average Bonchev–Trinajstić information content (AvgIpc) is 2.28. The standard InChI is InChI=1S/C13H18N2O3/c1-8(2)10(13(17)18)7-15-11-6-4-3-5-9(11)12(14)16/h3-6,8,10,15H,7H2,1-2H3,(H2,14,16)(H,17,18). The summed E-state index contributed by atoms with van der Waals surface area (Å²) in [5, 5.41) is 12.0. The van der Waals surface area contributed by atoms with E-state index in [2.05, 4.69) is 5.32 Å². The second-order valence-corrected chi connectivity index (χ2v) is 4.48. The second-order valence-electron chi connectivity index (χ2n) is 4.48. The van der Waals surface area contributed by atoms with Gasteiger partial charge in [-0.25, -0.2) is 0 Å². The van der Waals surface area contributed by atoms with Crippen LogP contribution in [-0.2, 0) is 4.79 Å².